The van der Waals surface area contributed by atoms with Crippen LogP contribution in [-0.4, -0.2) is 4.98 Å². The molecule has 0 saturated carbocycles. The van der Waals surface area contributed by atoms with E-state index in [1.807, 2.05) is 24.3 Å². The number of rotatable bonds is 3. The van der Waals surface area contributed by atoms with Crippen LogP contribution in [0.3, 0.4) is 0 Å². The lowest BCUT2D eigenvalue weighted by Crippen LogP contribution is -2.03. The number of hydrogen-bond donors (Lipinski definition) is 2. The van der Waals surface area contributed by atoms with E-state index >= 15 is 0 Å². The number of aromatic nitrogens is 1. The van der Waals surface area contributed by atoms with Gasteiger partial charge in [0, 0.05) is 12.7 Å². The largest absolute Gasteiger partial charge is 0.382 e. The van der Waals surface area contributed by atoms with E-state index in [9.17, 15) is 0 Å². The number of nitrogens with two attached hydrogens (primary N) is 1. The van der Waals surface area contributed by atoms with Crippen LogP contribution in [-0.2, 0) is 6.54 Å². The summed E-state index contributed by atoms with van der Waals surface area (Å²) in [5.41, 5.74) is 8.28. The Morgan fingerprint density at radius 3 is 2.65 bits per heavy atom. The van der Waals surface area contributed by atoms with Crippen LogP contribution in [0.15, 0.2) is 42.6 Å². The fourth-order valence-corrected chi connectivity index (χ4v) is 1.46. The molecule has 2 rings (SSSR count). The van der Waals surface area contributed by atoms with Gasteiger partial charge in [-0.25, -0.2) is 4.98 Å². The predicted octanol–water partition coefficient (Wildman–Crippen LogP) is 2.15. The van der Waals surface area contributed by atoms with Crippen molar-refractivity contribution in [1.82, 2.24) is 4.98 Å². The third-order valence-corrected chi connectivity index (χ3v) is 2.40. The van der Waals surface area contributed by atoms with Crippen LogP contribution in [0.5, 0.6) is 0 Å². The van der Waals surface area contributed by atoms with Gasteiger partial charge in [0.1, 0.15) is 5.82 Å². The lowest BCUT2D eigenvalue weighted by Gasteiger charge is -2.08. The highest BCUT2D eigenvalue weighted by Crippen LogP contribution is 2.15. The van der Waals surface area contributed by atoms with E-state index in [2.05, 4.69) is 16.4 Å². The molecule has 0 aliphatic rings. The maximum absolute atomic E-state index is 8.68. The van der Waals surface area contributed by atoms with Crippen molar-refractivity contribution in [1.29, 1.82) is 5.26 Å². The second kappa shape index (κ2) is 4.99. The summed E-state index contributed by atoms with van der Waals surface area (Å²) in [4.78, 5) is 3.99. The molecular weight excluding hydrogens is 212 g/mol. The number of benzene rings is 1. The SMILES string of the molecule is N#Cc1ccc(CNc2cccnc2N)cc1. The fourth-order valence-electron chi connectivity index (χ4n) is 1.46. The van der Waals surface area contributed by atoms with Gasteiger partial charge in [-0.15, -0.1) is 0 Å². The molecule has 1 heterocycles. The molecule has 4 heteroatoms. The molecule has 0 saturated heterocycles. The molecule has 1 aromatic heterocycles. The van der Waals surface area contributed by atoms with Crippen molar-refractivity contribution in [3.8, 4) is 6.07 Å². The average Bonchev–Trinajstić information content (AvgIpc) is 2.38. The summed E-state index contributed by atoms with van der Waals surface area (Å²) in [6.45, 7) is 0.654. The minimum Gasteiger partial charge on any atom is -0.382 e. The predicted molar refractivity (Wildman–Crippen MR) is 67.1 cm³/mol. The summed E-state index contributed by atoms with van der Waals surface area (Å²) in [6.07, 6.45) is 1.65. The highest BCUT2D eigenvalue weighted by Gasteiger charge is 1.98. The number of anilines is 2. The minimum atomic E-state index is 0.487. The van der Waals surface area contributed by atoms with E-state index in [1.165, 1.54) is 0 Å². The highest BCUT2D eigenvalue weighted by molar-refractivity contribution is 5.60. The number of nitriles is 1. The molecule has 17 heavy (non-hydrogen) atoms. The van der Waals surface area contributed by atoms with Crippen molar-refractivity contribution in [2.75, 3.05) is 11.1 Å². The summed E-state index contributed by atoms with van der Waals surface area (Å²) < 4.78 is 0. The molecule has 0 atom stereocenters. The van der Waals surface area contributed by atoms with Crippen LogP contribution in [0, 0.1) is 11.3 Å². The molecule has 0 aliphatic heterocycles. The Bertz CT molecular complexity index is 540. The van der Waals surface area contributed by atoms with Crippen molar-refractivity contribution in [2.24, 2.45) is 0 Å². The zero-order chi connectivity index (χ0) is 12.1. The van der Waals surface area contributed by atoms with Gasteiger partial charge in [0.15, 0.2) is 0 Å². The van der Waals surface area contributed by atoms with Gasteiger partial charge in [-0.1, -0.05) is 12.1 Å². The number of nitrogens with one attached hydrogen (secondary N) is 1. The Labute approximate surface area is 99.7 Å². The van der Waals surface area contributed by atoms with Gasteiger partial charge in [-0.2, -0.15) is 5.26 Å². The van der Waals surface area contributed by atoms with E-state index in [-0.39, 0.29) is 0 Å². The van der Waals surface area contributed by atoms with Crippen LogP contribution in [0.4, 0.5) is 11.5 Å². The fraction of sp³-hybridized carbons (Fsp3) is 0.0769. The second-order valence-electron chi connectivity index (χ2n) is 3.60. The Kier molecular flexibility index (Phi) is 3.22. The van der Waals surface area contributed by atoms with Gasteiger partial charge < -0.3 is 11.1 Å². The van der Waals surface area contributed by atoms with Crippen LogP contribution in [0.1, 0.15) is 11.1 Å². The molecule has 0 unspecified atom stereocenters. The topological polar surface area (TPSA) is 74.7 Å². The first-order valence-electron chi connectivity index (χ1n) is 5.23. The van der Waals surface area contributed by atoms with Gasteiger partial charge in [0.05, 0.1) is 17.3 Å². The molecule has 0 spiro atoms. The third kappa shape index (κ3) is 2.73. The van der Waals surface area contributed by atoms with Crippen LogP contribution < -0.4 is 11.1 Å². The first-order chi connectivity index (χ1) is 8.29. The molecule has 0 radical (unpaired) electrons. The van der Waals surface area contributed by atoms with Gasteiger partial charge in [-0.05, 0) is 29.8 Å². The van der Waals surface area contributed by atoms with E-state index in [1.54, 1.807) is 18.3 Å². The standard InChI is InChI=1S/C13H12N4/c14-8-10-3-5-11(6-4-10)9-17-12-2-1-7-16-13(12)15/h1-7,17H,9H2,(H2,15,16). The highest BCUT2D eigenvalue weighted by atomic mass is 14.9. The molecule has 1 aromatic carbocycles. The summed E-state index contributed by atoms with van der Waals surface area (Å²) in [7, 11) is 0. The molecule has 0 aliphatic carbocycles. The maximum Gasteiger partial charge on any atom is 0.146 e. The number of hydrogen-bond acceptors (Lipinski definition) is 4. The number of pyridine rings is 1. The molecule has 2 aromatic rings. The lowest BCUT2D eigenvalue weighted by molar-refractivity contribution is 1.14. The molecule has 0 amide bonds. The lowest BCUT2D eigenvalue weighted by atomic mass is 10.1. The quantitative estimate of drug-likeness (QED) is 0.837. The summed E-state index contributed by atoms with van der Waals surface area (Å²) >= 11 is 0. The van der Waals surface area contributed by atoms with E-state index in [0.717, 1.165) is 11.3 Å². The minimum absolute atomic E-state index is 0.487. The molecule has 4 nitrogen and oxygen atoms in total. The van der Waals surface area contributed by atoms with Crippen LogP contribution in [0.2, 0.25) is 0 Å². The Morgan fingerprint density at radius 2 is 2.00 bits per heavy atom. The van der Waals surface area contributed by atoms with Gasteiger partial charge in [-0.3, -0.25) is 0 Å². The summed E-state index contributed by atoms with van der Waals surface area (Å²) in [5.74, 6) is 0.487. The molecular formula is C13H12N4. The molecule has 84 valence electrons. The van der Waals surface area contributed by atoms with Crippen molar-refractivity contribution >= 4 is 11.5 Å². The Morgan fingerprint density at radius 1 is 1.24 bits per heavy atom. The van der Waals surface area contributed by atoms with Crippen molar-refractivity contribution in [3.63, 3.8) is 0 Å². The summed E-state index contributed by atoms with van der Waals surface area (Å²) in [5, 5.41) is 11.9. The maximum atomic E-state index is 8.68. The zero-order valence-corrected chi connectivity index (χ0v) is 9.22. The second-order valence-corrected chi connectivity index (χ2v) is 3.60. The van der Waals surface area contributed by atoms with E-state index in [4.69, 9.17) is 11.0 Å². The number of nitrogens with zero attached hydrogens (tertiary/aromatic N) is 2. The average molecular weight is 224 g/mol. The van der Waals surface area contributed by atoms with Crippen molar-refractivity contribution < 1.29 is 0 Å². The molecule has 3 N–H and O–H groups in total. The Hall–Kier alpha value is -2.54. The van der Waals surface area contributed by atoms with Gasteiger partial charge in [0.25, 0.3) is 0 Å². The van der Waals surface area contributed by atoms with E-state index < -0.39 is 0 Å². The normalized spacial score (nSPS) is 9.59. The first kappa shape index (κ1) is 11.0. The van der Waals surface area contributed by atoms with Gasteiger partial charge >= 0.3 is 0 Å². The van der Waals surface area contributed by atoms with Crippen LogP contribution in [0.25, 0.3) is 0 Å². The molecule has 0 bridgehead atoms. The zero-order valence-electron chi connectivity index (χ0n) is 9.22. The van der Waals surface area contributed by atoms with Gasteiger partial charge in [0.2, 0.25) is 0 Å². The summed E-state index contributed by atoms with van der Waals surface area (Å²) in [6, 6.07) is 13.2. The van der Waals surface area contributed by atoms with Crippen molar-refractivity contribution in [3.05, 3.63) is 53.7 Å². The number of nitrogen functional groups attached to an aromatic ring is 1. The first-order valence-corrected chi connectivity index (χ1v) is 5.23. The van der Waals surface area contributed by atoms with Crippen molar-refractivity contribution in [2.45, 2.75) is 6.54 Å². The molecule has 0 fully saturated rings. The third-order valence-electron chi connectivity index (χ3n) is 2.40. The van der Waals surface area contributed by atoms with E-state index in [0.29, 0.717) is 17.9 Å². The smallest absolute Gasteiger partial charge is 0.146 e. The van der Waals surface area contributed by atoms with Crippen LogP contribution >= 0.6 is 0 Å². The monoisotopic (exact) mass is 224 g/mol. The Balaban J connectivity index is 2.03.